The summed E-state index contributed by atoms with van der Waals surface area (Å²) in [5, 5.41) is 0. The Hall–Kier alpha value is -1.88. The molecule has 5 heteroatoms. The number of ketones is 1. The van der Waals surface area contributed by atoms with Gasteiger partial charge in [-0.15, -0.1) is 11.8 Å². The van der Waals surface area contributed by atoms with Crippen molar-refractivity contribution in [2.75, 3.05) is 12.9 Å². The lowest BCUT2D eigenvalue weighted by atomic mass is 10.1. The second kappa shape index (κ2) is 6.52. The van der Waals surface area contributed by atoms with Gasteiger partial charge in [-0.25, -0.2) is 8.78 Å². The normalized spacial score (nSPS) is 10.3. The number of thioether (sulfide) groups is 1. The second-order valence-electron chi connectivity index (χ2n) is 4.02. The lowest BCUT2D eigenvalue weighted by molar-refractivity contribution is 0.102. The minimum absolute atomic E-state index is 0.0483. The predicted octanol–water partition coefficient (Wildman–Crippen LogP) is 3.95. The van der Waals surface area contributed by atoms with Gasteiger partial charge in [0, 0.05) is 10.5 Å². The molecule has 0 bridgehead atoms. The fourth-order valence-electron chi connectivity index (χ4n) is 1.59. The molecule has 0 heterocycles. The van der Waals surface area contributed by atoms with Gasteiger partial charge in [-0.05, 0) is 42.5 Å². The van der Waals surface area contributed by atoms with Crippen LogP contribution >= 0.6 is 11.8 Å². The Bertz CT molecular complexity index is 612. The van der Waals surface area contributed by atoms with E-state index in [1.807, 2.05) is 0 Å². The molecular formula is C15H12F2O2S. The van der Waals surface area contributed by atoms with Crippen molar-refractivity contribution in [1.82, 2.24) is 0 Å². The molecule has 0 spiro atoms. The largest absolute Gasteiger partial charge is 0.497 e. The number of methoxy groups -OCH3 is 1. The van der Waals surface area contributed by atoms with E-state index in [0.717, 1.165) is 30.0 Å². The van der Waals surface area contributed by atoms with Crippen molar-refractivity contribution in [2.24, 2.45) is 0 Å². The zero-order valence-electron chi connectivity index (χ0n) is 10.7. The maximum Gasteiger partial charge on any atom is 0.173 e. The number of carbonyl (C=O) groups excluding carboxylic acids is 1. The molecule has 0 atom stereocenters. The zero-order valence-corrected chi connectivity index (χ0v) is 11.5. The van der Waals surface area contributed by atoms with Gasteiger partial charge in [-0.1, -0.05) is 0 Å². The van der Waals surface area contributed by atoms with Gasteiger partial charge >= 0.3 is 0 Å². The molecular weight excluding hydrogens is 282 g/mol. The maximum atomic E-state index is 13.4. The highest BCUT2D eigenvalue weighted by atomic mass is 32.2. The minimum atomic E-state index is -0.529. The lowest BCUT2D eigenvalue weighted by Crippen LogP contribution is -2.02. The van der Waals surface area contributed by atoms with E-state index < -0.39 is 11.6 Å². The summed E-state index contributed by atoms with van der Waals surface area (Å²) in [5.74, 6) is -0.497. The van der Waals surface area contributed by atoms with E-state index in [1.165, 1.54) is 0 Å². The monoisotopic (exact) mass is 294 g/mol. The summed E-state index contributed by atoms with van der Waals surface area (Å²) in [6, 6.07) is 9.83. The van der Waals surface area contributed by atoms with Crippen molar-refractivity contribution in [2.45, 2.75) is 4.90 Å². The smallest absolute Gasteiger partial charge is 0.173 e. The van der Waals surface area contributed by atoms with Gasteiger partial charge in [0.05, 0.1) is 12.9 Å². The molecule has 20 heavy (non-hydrogen) atoms. The number of rotatable bonds is 5. The lowest BCUT2D eigenvalue weighted by Gasteiger charge is -2.04. The van der Waals surface area contributed by atoms with E-state index >= 15 is 0 Å². The van der Waals surface area contributed by atoms with Gasteiger partial charge in [-0.3, -0.25) is 4.79 Å². The number of ether oxygens (including phenoxy) is 1. The summed E-state index contributed by atoms with van der Waals surface area (Å²) >= 11 is 0.978. The molecule has 0 radical (unpaired) electrons. The fraction of sp³-hybridized carbons (Fsp3) is 0.133. The molecule has 2 aromatic rings. The quantitative estimate of drug-likeness (QED) is 0.617. The summed E-state index contributed by atoms with van der Waals surface area (Å²) in [4.78, 5) is 12.1. The van der Waals surface area contributed by atoms with Crippen LogP contribution in [0.3, 0.4) is 0 Å². The first-order chi connectivity index (χ1) is 9.60. The van der Waals surface area contributed by atoms with Crippen LogP contribution in [0, 0.1) is 11.6 Å². The second-order valence-corrected chi connectivity index (χ2v) is 5.03. The Morgan fingerprint density at radius 1 is 1.15 bits per heavy atom. The van der Waals surface area contributed by atoms with Crippen LogP contribution in [0.2, 0.25) is 0 Å². The van der Waals surface area contributed by atoms with E-state index in [2.05, 4.69) is 0 Å². The average Bonchev–Trinajstić information content (AvgIpc) is 2.48. The van der Waals surface area contributed by atoms with Crippen molar-refractivity contribution in [1.29, 1.82) is 0 Å². The molecule has 104 valence electrons. The molecule has 0 aliphatic carbocycles. The molecule has 2 aromatic carbocycles. The summed E-state index contributed by atoms with van der Waals surface area (Å²) in [7, 11) is 1.54. The first-order valence-corrected chi connectivity index (χ1v) is 6.84. The highest BCUT2D eigenvalue weighted by Gasteiger charge is 2.10. The molecule has 0 amide bonds. The number of Topliss-reactive ketones (excluding diaryl/α,β-unsaturated/α-hetero) is 1. The van der Waals surface area contributed by atoms with Crippen LogP contribution in [-0.4, -0.2) is 18.6 Å². The molecule has 2 nitrogen and oxygen atoms in total. The standard InChI is InChI=1S/C15H12F2O2S/c1-19-12-5-2-10(3-6-12)14(18)9-20-15-8-11(16)4-7-13(15)17/h2-8H,9H2,1H3. The third-order valence-electron chi connectivity index (χ3n) is 2.66. The van der Waals surface area contributed by atoms with Gasteiger partial charge in [0.1, 0.15) is 17.4 Å². The van der Waals surface area contributed by atoms with Crippen molar-refractivity contribution in [3.8, 4) is 5.75 Å². The summed E-state index contributed by atoms with van der Waals surface area (Å²) in [6.07, 6.45) is 0. The van der Waals surface area contributed by atoms with Crippen LogP contribution in [0.15, 0.2) is 47.4 Å². The van der Waals surface area contributed by atoms with Crippen LogP contribution in [0.1, 0.15) is 10.4 Å². The molecule has 0 N–H and O–H groups in total. The Morgan fingerprint density at radius 3 is 2.50 bits per heavy atom. The Morgan fingerprint density at radius 2 is 1.85 bits per heavy atom. The molecule has 0 saturated carbocycles. The van der Waals surface area contributed by atoms with Gasteiger partial charge < -0.3 is 4.74 Å². The van der Waals surface area contributed by atoms with Crippen molar-refractivity contribution >= 4 is 17.5 Å². The first-order valence-electron chi connectivity index (χ1n) is 5.85. The molecule has 0 saturated heterocycles. The number of benzene rings is 2. The van der Waals surface area contributed by atoms with Crippen LogP contribution in [0.5, 0.6) is 5.75 Å². The summed E-state index contributed by atoms with van der Waals surface area (Å²) < 4.78 is 31.4. The van der Waals surface area contributed by atoms with Gasteiger partial charge in [0.2, 0.25) is 0 Å². The molecule has 0 aliphatic rings. The van der Waals surface area contributed by atoms with Crippen LogP contribution in [0.25, 0.3) is 0 Å². The van der Waals surface area contributed by atoms with Crippen LogP contribution in [0.4, 0.5) is 8.78 Å². The van der Waals surface area contributed by atoms with E-state index in [-0.39, 0.29) is 16.4 Å². The predicted molar refractivity (Wildman–Crippen MR) is 74.4 cm³/mol. The summed E-state index contributed by atoms with van der Waals surface area (Å²) in [5.41, 5.74) is 0.509. The van der Waals surface area contributed by atoms with Crippen molar-refractivity contribution in [3.63, 3.8) is 0 Å². The van der Waals surface area contributed by atoms with Gasteiger partial charge in [0.15, 0.2) is 5.78 Å². The summed E-state index contributed by atoms with van der Waals surface area (Å²) in [6.45, 7) is 0. The molecule has 0 fully saturated rings. The Balaban J connectivity index is 2.02. The maximum absolute atomic E-state index is 13.4. The minimum Gasteiger partial charge on any atom is -0.497 e. The fourth-order valence-corrected chi connectivity index (χ4v) is 2.45. The van der Waals surface area contributed by atoms with Gasteiger partial charge in [-0.2, -0.15) is 0 Å². The zero-order chi connectivity index (χ0) is 14.5. The van der Waals surface area contributed by atoms with Gasteiger partial charge in [0.25, 0.3) is 0 Å². The molecule has 0 aliphatic heterocycles. The number of halogens is 2. The van der Waals surface area contributed by atoms with E-state index in [4.69, 9.17) is 4.74 Å². The average molecular weight is 294 g/mol. The Labute approximate surface area is 119 Å². The molecule has 2 rings (SSSR count). The highest BCUT2D eigenvalue weighted by Crippen LogP contribution is 2.24. The number of carbonyl (C=O) groups is 1. The SMILES string of the molecule is COc1ccc(C(=O)CSc2cc(F)ccc2F)cc1. The third kappa shape index (κ3) is 3.57. The van der Waals surface area contributed by atoms with Crippen molar-refractivity contribution < 1.29 is 18.3 Å². The molecule has 0 aromatic heterocycles. The van der Waals surface area contributed by atoms with Crippen molar-refractivity contribution in [3.05, 3.63) is 59.7 Å². The topological polar surface area (TPSA) is 26.3 Å². The third-order valence-corrected chi connectivity index (χ3v) is 3.69. The molecule has 0 unspecified atom stereocenters. The highest BCUT2D eigenvalue weighted by molar-refractivity contribution is 8.00. The van der Waals surface area contributed by atoms with Crippen LogP contribution in [-0.2, 0) is 0 Å². The van der Waals surface area contributed by atoms with E-state index in [9.17, 15) is 13.6 Å². The Kier molecular flexibility index (Phi) is 4.74. The van der Waals surface area contributed by atoms with Crippen LogP contribution < -0.4 is 4.74 Å². The van der Waals surface area contributed by atoms with E-state index in [1.54, 1.807) is 31.4 Å². The number of hydrogen-bond acceptors (Lipinski definition) is 3. The number of hydrogen-bond donors (Lipinski definition) is 0. The van der Waals surface area contributed by atoms with E-state index in [0.29, 0.717) is 11.3 Å². The first kappa shape index (κ1) is 14.5.